The second-order valence-electron chi connectivity index (χ2n) is 3.18. The standard InChI is InChI=1S/C6H13NO/c1-6(2)4(7)3-5(6)8/h4-5,8H,3,7H2,1-2H3/t4-,5+/m0/s1. The van der Waals surface area contributed by atoms with Gasteiger partial charge in [-0.05, 0) is 6.42 Å². The molecular formula is C6H13NO. The second-order valence-corrected chi connectivity index (χ2v) is 3.18. The van der Waals surface area contributed by atoms with Crippen molar-refractivity contribution < 1.29 is 5.11 Å². The van der Waals surface area contributed by atoms with Gasteiger partial charge in [0.15, 0.2) is 0 Å². The minimum Gasteiger partial charge on any atom is -0.392 e. The van der Waals surface area contributed by atoms with Crippen molar-refractivity contribution in [3.8, 4) is 0 Å². The first-order valence-corrected chi connectivity index (χ1v) is 2.99. The Morgan fingerprint density at radius 3 is 2.12 bits per heavy atom. The van der Waals surface area contributed by atoms with Crippen molar-refractivity contribution in [3.63, 3.8) is 0 Å². The Morgan fingerprint density at radius 1 is 1.62 bits per heavy atom. The fourth-order valence-corrected chi connectivity index (χ4v) is 0.935. The van der Waals surface area contributed by atoms with Crippen LogP contribution >= 0.6 is 0 Å². The Hall–Kier alpha value is -0.0800. The van der Waals surface area contributed by atoms with Gasteiger partial charge in [0.05, 0.1) is 6.10 Å². The molecule has 1 aliphatic carbocycles. The lowest BCUT2D eigenvalue weighted by atomic mass is 9.65. The van der Waals surface area contributed by atoms with Crippen molar-refractivity contribution in [2.24, 2.45) is 11.1 Å². The Morgan fingerprint density at radius 2 is 2.12 bits per heavy atom. The van der Waals surface area contributed by atoms with E-state index in [4.69, 9.17) is 10.8 Å². The number of nitrogens with two attached hydrogens (primary N) is 1. The normalized spacial score (nSPS) is 43.5. The van der Waals surface area contributed by atoms with Crippen molar-refractivity contribution in [2.75, 3.05) is 0 Å². The van der Waals surface area contributed by atoms with Crippen molar-refractivity contribution in [2.45, 2.75) is 32.4 Å². The highest BCUT2D eigenvalue weighted by molar-refractivity contribution is 4.99. The van der Waals surface area contributed by atoms with Crippen LogP contribution < -0.4 is 5.73 Å². The second kappa shape index (κ2) is 1.45. The highest BCUT2D eigenvalue weighted by Crippen LogP contribution is 2.38. The van der Waals surface area contributed by atoms with Crippen LogP contribution in [-0.4, -0.2) is 17.3 Å². The predicted octanol–water partition coefficient (Wildman–Crippen LogP) is 0.104. The topological polar surface area (TPSA) is 46.2 Å². The molecule has 1 aliphatic rings. The number of aliphatic hydroxyl groups is 1. The molecular weight excluding hydrogens is 102 g/mol. The van der Waals surface area contributed by atoms with E-state index in [-0.39, 0.29) is 17.6 Å². The SMILES string of the molecule is CC1(C)[C@H](O)C[C@@H]1N. The zero-order chi connectivity index (χ0) is 6.36. The van der Waals surface area contributed by atoms with Crippen LogP contribution in [0.2, 0.25) is 0 Å². The zero-order valence-electron chi connectivity index (χ0n) is 5.39. The van der Waals surface area contributed by atoms with Crippen LogP contribution in [0.15, 0.2) is 0 Å². The Labute approximate surface area is 49.7 Å². The van der Waals surface area contributed by atoms with Crippen molar-refractivity contribution >= 4 is 0 Å². The average Bonchev–Trinajstić information content (AvgIpc) is 1.68. The third-order valence-corrected chi connectivity index (χ3v) is 2.29. The van der Waals surface area contributed by atoms with E-state index in [1.807, 2.05) is 13.8 Å². The van der Waals surface area contributed by atoms with E-state index in [1.165, 1.54) is 0 Å². The first-order chi connectivity index (χ1) is 3.55. The summed E-state index contributed by atoms with van der Waals surface area (Å²) >= 11 is 0. The number of hydrogen-bond donors (Lipinski definition) is 2. The fourth-order valence-electron chi connectivity index (χ4n) is 0.935. The predicted molar refractivity (Wildman–Crippen MR) is 32.4 cm³/mol. The van der Waals surface area contributed by atoms with Gasteiger partial charge in [0.25, 0.3) is 0 Å². The minimum atomic E-state index is -0.169. The molecule has 0 amide bonds. The lowest BCUT2D eigenvalue weighted by molar-refractivity contribution is -0.0585. The van der Waals surface area contributed by atoms with E-state index in [9.17, 15) is 0 Å². The molecule has 1 rings (SSSR count). The smallest absolute Gasteiger partial charge is 0.0620 e. The molecule has 0 radical (unpaired) electrons. The molecule has 0 bridgehead atoms. The zero-order valence-corrected chi connectivity index (χ0v) is 5.39. The van der Waals surface area contributed by atoms with Crippen LogP contribution in [0.5, 0.6) is 0 Å². The summed E-state index contributed by atoms with van der Waals surface area (Å²) in [5.74, 6) is 0. The van der Waals surface area contributed by atoms with Gasteiger partial charge in [0.2, 0.25) is 0 Å². The molecule has 0 unspecified atom stereocenters. The Bertz CT molecular complexity index is 90.7. The molecule has 0 aliphatic heterocycles. The number of aliphatic hydroxyl groups excluding tert-OH is 1. The summed E-state index contributed by atoms with van der Waals surface area (Å²) in [6, 6.07) is 0.206. The van der Waals surface area contributed by atoms with Gasteiger partial charge in [-0.15, -0.1) is 0 Å². The Balaban J connectivity index is 2.52. The molecule has 2 nitrogen and oxygen atoms in total. The summed E-state index contributed by atoms with van der Waals surface area (Å²) in [6.07, 6.45) is 0.602. The van der Waals surface area contributed by atoms with Gasteiger partial charge in [-0.1, -0.05) is 13.8 Å². The van der Waals surface area contributed by atoms with Crippen LogP contribution in [0.1, 0.15) is 20.3 Å². The van der Waals surface area contributed by atoms with Gasteiger partial charge < -0.3 is 10.8 Å². The summed E-state index contributed by atoms with van der Waals surface area (Å²) in [5, 5.41) is 9.07. The molecule has 3 N–H and O–H groups in total. The molecule has 48 valence electrons. The fraction of sp³-hybridized carbons (Fsp3) is 1.00. The summed E-state index contributed by atoms with van der Waals surface area (Å²) in [5.41, 5.74) is 5.56. The summed E-state index contributed by atoms with van der Waals surface area (Å²) < 4.78 is 0. The molecule has 0 saturated heterocycles. The molecule has 2 heteroatoms. The molecule has 1 saturated carbocycles. The summed E-state index contributed by atoms with van der Waals surface area (Å²) in [6.45, 7) is 3.98. The van der Waals surface area contributed by atoms with Crippen LogP contribution in [0.25, 0.3) is 0 Å². The lowest BCUT2D eigenvalue weighted by Crippen LogP contribution is -2.57. The van der Waals surface area contributed by atoms with Crippen LogP contribution in [-0.2, 0) is 0 Å². The van der Waals surface area contributed by atoms with Gasteiger partial charge in [0, 0.05) is 11.5 Å². The maximum atomic E-state index is 9.07. The largest absolute Gasteiger partial charge is 0.392 e. The van der Waals surface area contributed by atoms with E-state index >= 15 is 0 Å². The van der Waals surface area contributed by atoms with Gasteiger partial charge in [-0.25, -0.2) is 0 Å². The third-order valence-electron chi connectivity index (χ3n) is 2.29. The Kier molecular flexibility index (Phi) is 1.10. The molecule has 8 heavy (non-hydrogen) atoms. The molecule has 0 heterocycles. The van der Waals surface area contributed by atoms with Gasteiger partial charge in [-0.3, -0.25) is 0 Å². The van der Waals surface area contributed by atoms with Crippen molar-refractivity contribution in [3.05, 3.63) is 0 Å². The molecule has 0 aromatic rings. The highest BCUT2D eigenvalue weighted by Gasteiger charge is 2.44. The van der Waals surface area contributed by atoms with Gasteiger partial charge >= 0.3 is 0 Å². The maximum Gasteiger partial charge on any atom is 0.0620 e. The van der Waals surface area contributed by atoms with Crippen LogP contribution in [0.3, 0.4) is 0 Å². The van der Waals surface area contributed by atoms with E-state index in [0.717, 1.165) is 6.42 Å². The van der Waals surface area contributed by atoms with Crippen molar-refractivity contribution in [1.29, 1.82) is 0 Å². The lowest BCUT2D eigenvalue weighted by Gasteiger charge is -2.47. The van der Waals surface area contributed by atoms with E-state index in [2.05, 4.69) is 0 Å². The monoisotopic (exact) mass is 115 g/mol. The third kappa shape index (κ3) is 0.565. The summed E-state index contributed by atoms with van der Waals surface area (Å²) in [4.78, 5) is 0. The number of hydrogen-bond acceptors (Lipinski definition) is 2. The van der Waals surface area contributed by atoms with Crippen LogP contribution in [0.4, 0.5) is 0 Å². The van der Waals surface area contributed by atoms with E-state index < -0.39 is 0 Å². The van der Waals surface area contributed by atoms with Crippen molar-refractivity contribution in [1.82, 2.24) is 0 Å². The van der Waals surface area contributed by atoms with E-state index in [1.54, 1.807) is 0 Å². The van der Waals surface area contributed by atoms with E-state index in [0.29, 0.717) is 0 Å². The number of rotatable bonds is 0. The molecule has 1 fully saturated rings. The quantitative estimate of drug-likeness (QED) is 0.470. The molecule has 0 spiro atoms. The first-order valence-electron chi connectivity index (χ1n) is 2.99. The average molecular weight is 115 g/mol. The molecule has 0 aromatic heterocycles. The van der Waals surface area contributed by atoms with Gasteiger partial charge in [-0.2, -0.15) is 0 Å². The first kappa shape index (κ1) is 6.05. The molecule has 2 atom stereocenters. The maximum absolute atomic E-state index is 9.07. The molecule has 0 aromatic carbocycles. The van der Waals surface area contributed by atoms with Crippen LogP contribution in [0, 0.1) is 5.41 Å². The minimum absolute atomic E-state index is 0.0278. The highest BCUT2D eigenvalue weighted by atomic mass is 16.3. The summed E-state index contributed by atoms with van der Waals surface area (Å²) in [7, 11) is 0. The van der Waals surface area contributed by atoms with Gasteiger partial charge in [0.1, 0.15) is 0 Å².